The zero-order chi connectivity index (χ0) is 24.3. The molecule has 1 aliphatic heterocycles. The first-order valence-corrected chi connectivity index (χ1v) is 13.5. The van der Waals surface area contributed by atoms with Gasteiger partial charge in [0.25, 0.3) is 0 Å². The van der Waals surface area contributed by atoms with Crippen molar-refractivity contribution in [2.45, 2.75) is 17.9 Å². The van der Waals surface area contributed by atoms with Crippen molar-refractivity contribution in [2.24, 2.45) is 5.92 Å². The van der Waals surface area contributed by atoms with Crippen LogP contribution in [0.5, 0.6) is 0 Å². The number of amides is 2. The van der Waals surface area contributed by atoms with Crippen molar-refractivity contribution in [3.8, 4) is 11.3 Å². The van der Waals surface area contributed by atoms with Crippen LogP contribution in [0.3, 0.4) is 0 Å². The van der Waals surface area contributed by atoms with Gasteiger partial charge in [0.05, 0.1) is 16.5 Å². The normalized spacial score (nSPS) is 16.0. The average Bonchev–Trinajstić information content (AvgIpc) is 3.45. The van der Waals surface area contributed by atoms with E-state index in [-0.39, 0.29) is 29.7 Å². The predicted molar refractivity (Wildman–Crippen MR) is 133 cm³/mol. The summed E-state index contributed by atoms with van der Waals surface area (Å²) in [6.45, 7) is 4.90. The summed E-state index contributed by atoms with van der Waals surface area (Å²) in [5, 5.41) is 2.34. The first-order chi connectivity index (χ1) is 16.3. The number of likely N-dealkylation sites (tertiary alicyclic amines) is 1. The molecule has 0 radical (unpaired) electrons. The number of sulfone groups is 1. The Kier molecular flexibility index (Phi) is 6.95. The van der Waals surface area contributed by atoms with Crippen LogP contribution in [0.25, 0.3) is 11.3 Å². The van der Waals surface area contributed by atoms with Crippen molar-refractivity contribution >= 4 is 38.1 Å². The second-order valence-electron chi connectivity index (χ2n) is 8.21. The smallest absolute Gasteiger partial charge is 0.234 e. The van der Waals surface area contributed by atoms with Gasteiger partial charge in [-0.05, 0) is 17.7 Å². The van der Waals surface area contributed by atoms with Crippen LogP contribution in [-0.2, 0) is 26.0 Å². The highest BCUT2D eigenvalue weighted by Crippen LogP contribution is 2.31. The third-order valence-corrected chi connectivity index (χ3v) is 7.65. The summed E-state index contributed by atoms with van der Waals surface area (Å²) >= 11 is 1.32. The maximum Gasteiger partial charge on any atom is 0.234 e. The Hall–Kier alpha value is -3.30. The Morgan fingerprint density at radius 1 is 1.21 bits per heavy atom. The minimum Gasteiger partial charge on any atom is -0.338 e. The SMILES string of the molecule is C=CCN(C(=O)[C@H]1CC(=O)N(Cc2ccccc2)C1)c1nc(-c2ccc(S(C)(=O)=O)cc2)cs1. The number of rotatable bonds is 8. The number of aromatic nitrogens is 1. The molecule has 9 heteroatoms. The summed E-state index contributed by atoms with van der Waals surface area (Å²) in [4.78, 5) is 34.1. The van der Waals surface area contributed by atoms with E-state index in [1.54, 1.807) is 40.1 Å². The van der Waals surface area contributed by atoms with Gasteiger partial charge < -0.3 is 4.90 Å². The molecule has 0 bridgehead atoms. The molecule has 1 saturated heterocycles. The molecule has 1 fully saturated rings. The van der Waals surface area contributed by atoms with E-state index in [4.69, 9.17) is 0 Å². The van der Waals surface area contributed by atoms with E-state index < -0.39 is 15.8 Å². The Balaban J connectivity index is 1.50. The predicted octanol–water partition coefficient (Wildman–Crippen LogP) is 3.78. The summed E-state index contributed by atoms with van der Waals surface area (Å²) in [5.41, 5.74) is 2.43. The maximum absolute atomic E-state index is 13.4. The van der Waals surface area contributed by atoms with Crippen molar-refractivity contribution in [3.05, 3.63) is 78.2 Å². The van der Waals surface area contributed by atoms with Gasteiger partial charge in [0.1, 0.15) is 0 Å². The van der Waals surface area contributed by atoms with Crippen LogP contribution in [0.4, 0.5) is 5.13 Å². The minimum absolute atomic E-state index is 0.0356. The van der Waals surface area contributed by atoms with Crippen LogP contribution in [0.1, 0.15) is 12.0 Å². The van der Waals surface area contributed by atoms with Gasteiger partial charge in [0.15, 0.2) is 15.0 Å². The molecule has 2 heterocycles. The fraction of sp³-hybridized carbons (Fsp3) is 0.240. The number of thiazole rings is 1. The molecule has 0 saturated carbocycles. The number of hydrogen-bond donors (Lipinski definition) is 0. The van der Waals surface area contributed by atoms with Crippen molar-refractivity contribution < 1.29 is 18.0 Å². The van der Waals surface area contributed by atoms with E-state index in [1.807, 2.05) is 35.7 Å². The van der Waals surface area contributed by atoms with E-state index in [1.165, 1.54) is 11.3 Å². The fourth-order valence-corrected chi connectivity index (χ4v) is 5.38. The van der Waals surface area contributed by atoms with Gasteiger partial charge in [0.2, 0.25) is 11.8 Å². The number of carbonyl (C=O) groups excluding carboxylic acids is 2. The Morgan fingerprint density at radius 3 is 2.56 bits per heavy atom. The van der Waals surface area contributed by atoms with Crippen molar-refractivity contribution in [1.29, 1.82) is 0 Å². The van der Waals surface area contributed by atoms with E-state index >= 15 is 0 Å². The largest absolute Gasteiger partial charge is 0.338 e. The van der Waals surface area contributed by atoms with E-state index in [0.717, 1.165) is 17.4 Å². The Bertz CT molecular complexity index is 1300. The minimum atomic E-state index is -3.28. The highest BCUT2D eigenvalue weighted by Gasteiger charge is 2.37. The van der Waals surface area contributed by atoms with E-state index in [2.05, 4.69) is 11.6 Å². The number of hydrogen-bond acceptors (Lipinski definition) is 6. The lowest BCUT2D eigenvalue weighted by Gasteiger charge is -2.22. The monoisotopic (exact) mass is 495 g/mol. The van der Waals surface area contributed by atoms with Crippen LogP contribution in [-0.4, -0.2) is 49.5 Å². The summed E-state index contributed by atoms with van der Waals surface area (Å²) in [6.07, 6.45) is 2.97. The Labute approximate surface area is 203 Å². The number of carbonyl (C=O) groups is 2. The van der Waals surface area contributed by atoms with Gasteiger partial charge in [-0.1, -0.05) is 48.5 Å². The molecular formula is C25H25N3O4S2. The molecule has 1 atom stereocenters. The number of nitrogens with zero attached hydrogens (tertiary/aromatic N) is 3. The molecule has 4 rings (SSSR count). The molecule has 176 valence electrons. The average molecular weight is 496 g/mol. The summed E-state index contributed by atoms with van der Waals surface area (Å²) in [6, 6.07) is 16.2. The highest BCUT2D eigenvalue weighted by atomic mass is 32.2. The molecule has 1 aliphatic rings. The molecule has 0 spiro atoms. The zero-order valence-electron chi connectivity index (χ0n) is 18.8. The molecule has 3 aromatic rings. The van der Waals surface area contributed by atoms with Gasteiger partial charge in [-0.15, -0.1) is 17.9 Å². The summed E-state index contributed by atoms with van der Waals surface area (Å²) < 4.78 is 23.4. The van der Waals surface area contributed by atoms with Crippen LogP contribution in [0.2, 0.25) is 0 Å². The molecule has 2 amide bonds. The van der Waals surface area contributed by atoms with Crippen LogP contribution in [0.15, 0.2) is 77.5 Å². The van der Waals surface area contributed by atoms with Crippen LogP contribution < -0.4 is 4.90 Å². The van der Waals surface area contributed by atoms with Crippen molar-refractivity contribution in [2.75, 3.05) is 24.2 Å². The standard InChI is InChI=1S/C25H25N3O4S2/c1-3-13-28(24(30)20-14-23(29)27(16-20)15-18-7-5-4-6-8-18)25-26-22(17-33-25)19-9-11-21(12-10-19)34(2,31)32/h3-12,17,20H,1,13-16H2,2H3/t20-/m0/s1. The topological polar surface area (TPSA) is 87.7 Å². The van der Waals surface area contributed by atoms with Crippen molar-refractivity contribution in [3.63, 3.8) is 0 Å². The third-order valence-electron chi connectivity index (χ3n) is 5.66. The van der Waals surface area contributed by atoms with E-state index in [9.17, 15) is 18.0 Å². The lowest BCUT2D eigenvalue weighted by atomic mass is 10.1. The molecule has 1 aromatic heterocycles. The highest BCUT2D eigenvalue weighted by molar-refractivity contribution is 7.90. The molecule has 0 aliphatic carbocycles. The van der Waals surface area contributed by atoms with Crippen LogP contribution in [0, 0.1) is 5.92 Å². The lowest BCUT2D eigenvalue weighted by molar-refractivity contribution is -0.128. The first-order valence-electron chi connectivity index (χ1n) is 10.8. The first kappa shape index (κ1) is 23.8. The molecule has 0 N–H and O–H groups in total. The molecule has 7 nitrogen and oxygen atoms in total. The molecule has 34 heavy (non-hydrogen) atoms. The molecular weight excluding hydrogens is 470 g/mol. The summed E-state index contributed by atoms with van der Waals surface area (Å²) in [7, 11) is -3.28. The third kappa shape index (κ3) is 5.26. The van der Waals surface area contributed by atoms with Crippen molar-refractivity contribution in [1.82, 2.24) is 9.88 Å². The van der Waals surface area contributed by atoms with Gasteiger partial charge in [-0.25, -0.2) is 13.4 Å². The zero-order valence-corrected chi connectivity index (χ0v) is 20.4. The van der Waals surface area contributed by atoms with E-state index in [0.29, 0.717) is 23.9 Å². The van der Waals surface area contributed by atoms with Gasteiger partial charge in [-0.2, -0.15) is 0 Å². The summed E-state index contributed by atoms with van der Waals surface area (Å²) in [5.74, 6) is -0.638. The van der Waals surface area contributed by atoms with Gasteiger partial charge >= 0.3 is 0 Å². The quantitative estimate of drug-likeness (QED) is 0.444. The second kappa shape index (κ2) is 9.90. The lowest BCUT2D eigenvalue weighted by Crippen LogP contribution is -2.37. The van der Waals surface area contributed by atoms with Gasteiger partial charge in [0, 0.05) is 43.3 Å². The molecule has 2 aromatic carbocycles. The fourth-order valence-electron chi connectivity index (χ4n) is 3.90. The second-order valence-corrected chi connectivity index (χ2v) is 11.1. The molecule has 0 unspecified atom stereocenters. The number of anilines is 1. The maximum atomic E-state index is 13.4. The van der Waals surface area contributed by atoms with Gasteiger partial charge in [-0.3, -0.25) is 14.5 Å². The Morgan fingerprint density at radius 2 is 1.91 bits per heavy atom. The number of benzene rings is 2. The van der Waals surface area contributed by atoms with Crippen LogP contribution >= 0.6 is 11.3 Å².